The second kappa shape index (κ2) is 10.6. The van der Waals surface area contributed by atoms with Crippen molar-refractivity contribution in [1.29, 1.82) is 0 Å². The van der Waals surface area contributed by atoms with E-state index in [1.807, 2.05) is 0 Å². The number of rotatable bonds is 8. The van der Waals surface area contributed by atoms with Crippen molar-refractivity contribution in [2.24, 2.45) is 0 Å². The molecule has 4 heterocycles. The van der Waals surface area contributed by atoms with Crippen LogP contribution in [-0.4, -0.2) is 68.2 Å². The zero-order chi connectivity index (χ0) is 28.1. The molecule has 0 unspecified atom stereocenters. The number of fused-ring (bicyclic) bond motifs is 2. The Morgan fingerprint density at radius 3 is 2.33 bits per heavy atom. The van der Waals surface area contributed by atoms with Crippen LogP contribution in [0.1, 0.15) is 84.1 Å². The number of hydrogen-bond acceptors (Lipinski definition) is 7. The highest BCUT2D eigenvalue weighted by molar-refractivity contribution is 7.17. The first-order valence-electron chi connectivity index (χ1n) is 12.9. The maximum absolute atomic E-state index is 14.3. The summed E-state index contributed by atoms with van der Waals surface area (Å²) < 4.78 is 68.3. The third kappa shape index (κ3) is 5.32. The van der Waals surface area contributed by atoms with Crippen molar-refractivity contribution in [3.05, 3.63) is 28.5 Å². The molecular weight excluding hydrogens is 545 g/mol. The monoisotopic (exact) mass is 573 g/mol. The lowest BCUT2D eigenvalue weighted by Gasteiger charge is -2.32. The second-order valence-corrected chi connectivity index (χ2v) is 11.2. The van der Waals surface area contributed by atoms with E-state index in [1.165, 1.54) is 6.92 Å². The van der Waals surface area contributed by atoms with Gasteiger partial charge in [0.2, 0.25) is 0 Å². The van der Waals surface area contributed by atoms with Crippen LogP contribution >= 0.6 is 11.3 Å². The van der Waals surface area contributed by atoms with E-state index in [1.54, 1.807) is 4.90 Å². The molecule has 0 aromatic carbocycles. The second-order valence-electron chi connectivity index (χ2n) is 10.2. The lowest BCUT2D eigenvalue weighted by atomic mass is 9.89. The molecule has 3 atom stereocenters. The molecule has 3 N–H and O–H groups in total. The van der Waals surface area contributed by atoms with Crippen LogP contribution in [0.25, 0.3) is 10.4 Å². The van der Waals surface area contributed by atoms with E-state index in [0.29, 0.717) is 12.8 Å². The summed E-state index contributed by atoms with van der Waals surface area (Å²) in [5.41, 5.74) is -0.969. The van der Waals surface area contributed by atoms with Crippen LogP contribution in [0.4, 0.5) is 27.8 Å². The third-order valence-corrected chi connectivity index (χ3v) is 8.89. The Morgan fingerprint density at radius 1 is 1.15 bits per heavy atom. The van der Waals surface area contributed by atoms with Gasteiger partial charge >= 0.3 is 6.18 Å². The van der Waals surface area contributed by atoms with Gasteiger partial charge in [-0.1, -0.05) is 6.92 Å². The number of anilines is 1. The molecule has 1 aliphatic carbocycles. The lowest BCUT2D eigenvalue weighted by molar-refractivity contribution is -0.142. The molecule has 1 saturated carbocycles. The number of carbonyl (C=O) groups excluding carboxylic acids is 2. The van der Waals surface area contributed by atoms with Crippen molar-refractivity contribution in [2.45, 2.75) is 94.7 Å². The van der Waals surface area contributed by atoms with Gasteiger partial charge in [0, 0.05) is 29.4 Å². The number of aliphatic hydroxyl groups excluding tert-OH is 1. The van der Waals surface area contributed by atoms with Gasteiger partial charge in [-0.25, -0.2) is 18.7 Å². The third-order valence-electron chi connectivity index (χ3n) is 7.81. The van der Waals surface area contributed by atoms with E-state index in [4.69, 9.17) is 0 Å². The van der Waals surface area contributed by atoms with Crippen LogP contribution in [0.15, 0.2) is 12.3 Å². The highest BCUT2D eigenvalue weighted by Crippen LogP contribution is 2.42. The smallest absolute Gasteiger partial charge is 0.391 e. The summed E-state index contributed by atoms with van der Waals surface area (Å²) in [4.78, 5) is 36.5. The van der Waals surface area contributed by atoms with Gasteiger partial charge in [0.25, 0.3) is 18.2 Å². The first kappa shape index (κ1) is 27.7. The quantitative estimate of drug-likeness (QED) is 0.388. The van der Waals surface area contributed by atoms with Crippen LogP contribution in [0.5, 0.6) is 0 Å². The summed E-state index contributed by atoms with van der Waals surface area (Å²) in [7, 11) is 0. The Labute approximate surface area is 225 Å². The highest BCUT2D eigenvalue weighted by Gasteiger charge is 2.44. The maximum Gasteiger partial charge on any atom is 0.408 e. The number of nitrogens with one attached hydrogen (secondary N) is 2. The van der Waals surface area contributed by atoms with Gasteiger partial charge in [0.15, 0.2) is 5.01 Å². The molecule has 2 aromatic rings. The summed E-state index contributed by atoms with van der Waals surface area (Å²) in [6.07, 6.45) is -3.36. The predicted molar refractivity (Wildman–Crippen MR) is 133 cm³/mol. The van der Waals surface area contributed by atoms with E-state index < -0.39 is 48.2 Å². The van der Waals surface area contributed by atoms with Gasteiger partial charge < -0.3 is 20.6 Å². The van der Waals surface area contributed by atoms with E-state index in [-0.39, 0.29) is 45.5 Å². The minimum Gasteiger partial charge on any atom is -0.391 e. The molecule has 0 radical (unpaired) electrons. The molecule has 212 valence electrons. The van der Waals surface area contributed by atoms with Crippen molar-refractivity contribution < 1.29 is 36.6 Å². The summed E-state index contributed by atoms with van der Waals surface area (Å²) in [5.74, 6) is -1.50. The molecule has 39 heavy (non-hydrogen) atoms. The number of halogens is 5. The molecule has 0 spiro atoms. The maximum atomic E-state index is 14.3. The number of amides is 2. The van der Waals surface area contributed by atoms with Gasteiger partial charge in [0.05, 0.1) is 17.0 Å². The standard InChI is InChI=1S/C25H28F5N5O3S/c1-2-17(25(28,29)30)33-18-9-13(21(26)27)14(10-31-18)20-19(24(38)35-11-3-4-12(35)6-5-11)34-23(39-20)22(37)32-15-7-8-16(15)36/h9-12,15-17,21,36H,2-8H2,1H3,(H,31,33)(H,32,37)/t11?,12?,15-,16+,17+/m1/s1. The zero-order valence-electron chi connectivity index (χ0n) is 21.0. The van der Waals surface area contributed by atoms with E-state index in [0.717, 1.165) is 49.3 Å². The largest absolute Gasteiger partial charge is 0.408 e. The Morgan fingerprint density at radius 2 is 1.82 bits per heavy atom. The fourth-order valence-corrected chi connectivity index (χ4v) is 6.50. The minimum absolute atomic E-state index is 0.00261. The number of hydrogen-bond donors (Lipinski definition) is 3. The molecule has 8 nitrogen and oxygen atoms in total. The topological polar surface area (TPSA) is 107 Å². The molecule has 2 aliphatic heterocycles. The van der Waals surface area contributed by atoms with Crippen LogP contribution in [-0.2, 0) is 0 Å². The molecule has 2 amide bonds. The molecule has 3 aliphatic rings. The van der Waals surface area contributed by atoms with E-state index in [9.17, 15) is 36.6 Å². The average Bonchev–Trinajstić information content (AvgIpc) is 3.63. The van der Waals surface area contributed by atoms with Crippen molar-refractivity contribution in [3.8, 4) is 10.4 Å². The van der Waals surface area contributed by atoms with Crippen molar-refractivity contribution in [2.75, 3.05) is 5.32 Å². The summed E-state index contributed by atoms with van der Waals surface area (Å²) >= 11 is 0.743. The number of aromatic nitrogens is 2. The normalized spacial score (nSPS) is 25.1. The number of aliphatic hydroxyl groups is 1. The molecule has 14 heteroatoms. The van der Waals surface area contributed by atoms with E-state index >= 15 is 0 Å². The van der Waals surface area contributed by atoms with Gasteiger partial charge in [0.1, 0.15) is 17.6 Å². The summed E-state index contributed by atoms with van der Waals surface area (Å²) in [5, 5.41) is 14.5. The summed E-state index contributed by atoms with van der Waals surface area (Å²) in [6.45, 7) is 1.31. The summed E-state index contributed by atoms with van der Waals surface area (Å²) in [6, 6.07) is -1.60. The Hall–Kier alpha value is -2.87. The van der Waals surface area contributed by atoms with E-state index in [2.05, 4.69) is 20.6 Å². The van der Waals surface area contributed by atoms with Crippen LogP contribution in [0.3, 0.4) is 0 Å². The number of alkyl halides is 5. The van der Waals surface area contributed by atoms with Gasteiger partial charge in [-0.05, 0) is 51.0 Å². The number of thiazole rings is 1. The molecule has 2 aromatic heterocycles. The van der Waals surface area contributed by atoms with Gasteiger partial charge in [-0.15, -0.1) is 11.3 Å². The molecule has 2 bridgehead atoms. The fraction of sp³-hybridized carbons (Fsp3) is 0.600. The fourth-order valence-electron chi connectivity index (χ4n) is 5.51. The number of pyridine rings is 1. The lowest BCUT2D eigenvalue weighted by Crippen LogP contribution is -2.50. The molecule has 5 rings (SSSR count). The Bertz CT molecular complexity index is 1240. The Balaban J connectivity index is 1.53. The Kier molecular flexibility index (Phi) is 7.53. The number of nitrogens with zero attached hydrogens (tertiary/aromatic N) is 3. The predicted octanol–water partition coefficient (Wildman–Crippen LogP) is 4.92. The highest BCUT2D eigenvalue weighted by atomic mass is 32.1. The SMILES string of the molecule is CC[C@H](Nc1cc(C(F)F)c(-c2sc(C(=O)N[C@@H]3CC[C@@H]3O)nc2C(=O)N2C3CCC2CC3)cn1)C(F)(F)F. The first-order chi connectivity index (χ1) is 18.5. The molecule has 2 saturated heterocycles. The van der Waals surface area contributed by atoms with Crippen molar-refractivity contribution >= 4 is 29.0 Å². The van der Waals surface area contributed by atoms with Crippen LogP contribution in [0, 0.1) is 0 Å². The van der Waals surface area contributed by atoms with Gasteiger partial charge in [-0.2, -0.15) is 13.2 Å². The van der Waals surface area contributed by atoms with Crippen molar-refractivity contribution in [3.63, 3.8) is 0 Å². The van der Waals surface area contributed by atoms with Crippen molar-refractivity contribution in [1.82, 2.24) is 20.2 Å². The number of carbonyl (C=O) groups is 2. The molecular formula is C25H28F5N5O3S. The first-order valence-corrected chi connectivity index (χ1v) is 13.7. The minimum atomic E-state index is -4.61. The average molecular weight is 574 g/mol. The van der Waals surface area contributed by atoms with Crippen LogP contribution < -0.4 is 10.6 Å². The van der Waals surface area contributed by atoms with Crippen LogP contribution in [0.2, 0.25) is 0 Å². The molecule has 3 fully saturated rings. The zero-order valence-corrected chi connectivity index (χ0v) is 21.8. The van der Waals surface area contributed by atoms with Gasteiger partial charge in [-0.3, -0.25) is 9.59 Å².